The average Bonchev–Trinajstić information content (AvgIpc) is 2.53. The molecular formula is C13H23N3O2S. The molecule has 1 aliphatic rings. The first-order chi connectivity index (χ1) is 8.64. The van der Waals surface area contributed by atoms with Gasteiger partial charge in [0, 0.05) is 12.0 Å². The fraction of sp³-hybridized carbons (Fsp3) is 0.769. The van der Waals surface area contributed by atoms with Gasteiger partial charge in [-0.25, -0.2) is 4.79 Å². The summed E-state index contributed by atoms with van der Waals surface area (Å²) in [6.45, 7) is 7.99. The summed E-state index contributed by atoms with van der Waals surface area (Å²) in [4.78, 5) is 25.7. The second kappa shape index (κ2) is 5.45. The van der Waals surface area contributed by atoms with Crippen LogP contribution in [0.4, 0.5) is 4.79 Å². The van der Waals surface area contributed by atoms with Gasteiger partial charge in [-0.2, -0.15) is 0 Å². The zero-order valence-electron chi connectivity index (χ0n) is 12.1. The Morgan fingerprint density at radius 2 is 2.05 bits per heavy atom. The largest absolute Gasteiger partial charge is 0.393 e. The van der Waals surface area contributed by atoms with Gasteiger partial charge in [0.15, 0.2) is 0 Å². The molecule has 1 aliphatic heterocycles. The summed E-state index contributed by atoms with van der Waals surface area (Å²) in [6, 6.07) is -0.303. The molecule has 0 aromatic rings. The van der Waals surface area contributed by atoms with Gasteiger partial charge in [-0.1, -0.05) is 33.0 Å². The smallest absolute Gasteiger partial charge is 0.325 e. The van der Waals surface area contributed by atoms with Crippen molar-refractivity contribution >= 4 is 29.1 Å². The van der Waals surface area contributed by atoms with Crippen LogP contribution in [0.3, 0.4) is 0 Å². The predicted octanol–water partition coefficient (Wildman–Crippen LogP) is 1.80. The van der Waals surface area contributed by atoms with E-state index in [0.717, 1.165) is 6.42 Å². The SMILES string of the molecule is CCC1(C)NC(=O)N(CCCC(C)(C)C(N)=S)C1=O. The summed E-state index contributed by atoms with van der Waals surface area (Å²) in [7, 11) is 0. The van der Waals surface area contributed by atoms with E-state index < -0.39 is 5.54 Å². The standard InChI is InChI=1S/C13H23N3O2S/c1-5-13(4)10(17)16(11(18)15-13)8-6-7-12(2,3)9(14)19/h5-8H2,1-4H3,(H2,14,19)(H,15,18). The molecule has 0 aromatic carbocycles. The zero-order valence-corrected chi connectivity index (χ0v) is 12.9. The van der Waals surface area contributed by atoms with Crippen molar-refractivity contribution in [2.75, 3.05) is 6.54 Å². The Kier molecular flexibility index (Phi) is 4.55. The van der Waals surface area contributed by atoms with Crippen LogP contribution in [0.15, 0.2) is 0 Å². The lowest BCUT2D eigenvalue weighted by Crippen LogP contribution is -2.43. The zero-order chi connectivity index (χ0) is 14.8. The Morgan fingerprint density at radius 1 is 1.47 bits per heavy atom. The van der Waals surface area contributed by atoms with Gasteiger partial charge in [-0.05, 0) is 26.2 Å². The van der Waals surface area contributed by atoms with E-state index in [1.54, 1.807) is 6.92 Å². The molecule has 3 N–H and O–H groups in total. The van der Waals surface area contributed by atoms with Crippen molar-refractivity contribution < 1.29 is 9.59 Å². The molecule has 1 rings (SSSR count). The monoisotopic (exact) mass is 285 g/mol. The van der Waals surface area contributed by atoms with Crippen molar-refractivity contribution in [1.82, 2.24) is 10.2 Å². The van der Waals surface area contributed by atoms with Crippen LogP contribution in [0.5, 0.6) is 0 Å². The average molecular weight is 285 g/mol. The van der Waals surface area contributed by atoms with Crippen LogP contribution >= 0.6 is 12.2 Å². The maximum absolute atomic E-state index is 12.2. The summed E-state index contributed by atoms with van der Waals surface area (Å²) in [5.41, 5.74) is 4.65. The molecule has 19 heavy (non-hydrogen) atoms. The molecule has 108 valence electrons. The van der Waals surface area contributed by atoms with E-state index in [0.29, 0.717) is 24.4 Å². The molecule has 1 saturated heterocycles. The minimum Gasteiger partial charge on any atom is -0.393 e. The number of carbonyl (C=O) groups is 2. The van der Waals surface area contributed by atoms with E-state index in [1.807, 2.05) is 20.8 Å². The molecule has 1 atom stereocenters. The minimum absolute atomic E-state index is 0.145. The summed E-state index contributed by atoms with van der Waals surface area (Å²) in [5.74, 6) is -0.145. The van der Waals surface area contributed by atoms with E-state index in [4.69, 9.17) is 18.0 Å². The highest BCUT2D eigenvalue weighted by Crippen LogP contribution is 2.25. The Labute approximate surface area is 119 Å². The lowest BCUT2D eigenvalue weighted by Gasteiger charge is -2.24. The molecule has 3 amide bonds. The van der Waals surface area contributed by atoms with Crippen LogP contribution in [-0.2, 0) is 4.79 Å². The highest BCUT2D eigenvalue weighted by molar-refractivity contribution is 7.80. The topological polar surface area (TPSA) is 75.4 Å². The van der Waals surface area contributed by atoms with Gasteiger partial charge >= 0.3 is 6.03 Å². The van der Waals surface area contributed by atoms with Crippen molar-refractivity contribution in [3.05, 3.63) is 0 Å². The number of nitrogens with zero attached hydrogens (tertiary/aromatic N) is 1. The molecule has 1 heterocycles. The predicted molar refractivity (Wildman–Crippen MR) is 78.7 cm³/mol. The Morgan fingerprint density at radius 3 is 2.47 bits per heavy atom. The van der Waals surface area contributed by atoms with Gasteiger partial charge in [0.1, 0.15) is 5.54 Å². The highest BCUT2D eigenvalue weighted by Gasteiger charge is 2.46. The number of rotatable bonds is 6. The number of carbonyl (C=O) groups excluding carboxylic acids is 2. The van der Waals surface area contributed by atoms with Crippen LogP contribution < -0.4 is 11.1 Å². The minimum atomic E-state index is -0.754. The fourth-order valence-corrected chi connectivity index (χ4v) is 2.09. The van der Waals surface area contributed by atoms with Crippen molar-refractivity contribution in [3.8, 4) is 0 Å². The normalized spacial score (nSPS) is 23.7. The second-order valence-electron chi connectivity index (χ2n) is 5.92. The number of nitrogens with one attached hydrogen (secondary N) is 1. The summed E-state index contributed by atoms with van der Waals surface area (Å²) < 4.78 is 0. The number of nitrogens with two attached hydrogens (primary N) is 1. The molecule has 0 radical (unpaired) electrons. The van der Waals surface area contributed by atoms with Gasteiger partial charge in [0.25, 0.3) is 5.91 Å². The second-order valence-corrected chi connectivity index (χ2v) is 6.36. The van der Waals surface area contributed by atoms with Gasteiger partial charge in [-0.3, -0.25) is 9.69 Å². The van der Waals surface area contributed by atoms with Crippen molar-refractivity contribution in [2.45, 2.75) is 52.5 Å². The molecule has 1 fully saturated rings. The Bertz CT molecular complexity index is 409. The highest BCUT2D eigenvalue weighted by atomic mass is 32.1. The Hall–Kier alpha value is -1.17. The van der Waals surface area contributed by atoms with Crippen LogP contribution in [0, 0.1) is 5.41 Å². The van der Waals surface area contributed by atoms with Crippen molar-refractivity contribution in [3.63, 3.8) is 0 Å². The van der Waals surface area contributed by atoms with Crippen LogP contribution in [-0.4, -0.2) is 33.9 Å². The van der Waals surface area contributed by atoms with E-state index in [1.165, 1.54) is 4.90 Å². The molecule has 1 unspecified atom stereocenters. The first kappa shape index (κ1) is 15.9. The molecule has 5 nitrogen and oxygen atoms in total. The van der Waals surface area contributed by atoms with E-state index in [2.05, 4.69) is 5.32 Å². The molecule has 0 saturated carbocycles. The summed E-state index contributed by atoms with van der Waals surface area (Å²) >= 11 is 5.00. The summed E-state index contributed by atoms with van der Waals surface area (Å²) in [5, 5.41) is 2.74. The van der Waals surface area contributed by atoms with Crippen LogP contribution in [0.25, 0.3) is 0 Å². The third-order valence-corrected chi connectivity index (χ3v) is 4.46. The lowest BCUT2D eigenvalue weighted by molar-refractivity contribution is -0.130. The number of thiocarbonyl (C=S) groups is 1. The molecule has 0 spiro atoms. The number of imide groups is 1. The van der Waals surface area contributed by atoms with Gasteiger partial charge < -0.3 is 11.1 Å². The van der Waals surface area contributed by atoms with Crippen LogP contribution in [0.1, 0.15) is 47.0 Å². The maximum atomic E-state index is 12.2. The molecule has 6 heteroatoms. The lowest BCUT2D eigenvalue weighted by atomic mass is 9.88. The van der Waals surface area contributed by atoms with Gasteiger partial charge in [0.05, 0.1) is 4.99 Å². The fourth-order valence-electron chi connectivity index (χ4n) is 1.99. The van der Waals surface area contributed by atoms with Gasteiger partial charge in [0.2, 0.25) is 0 Å². The Balaban J connectivity index is 2.58. The first-order valence-electron chi connectivity index (χ1n) is 6.58. The van der Waals surface area contributed by atoms with Crippen molar-refractivity contribution in [2.24, 2.45) is 11.1 Å². The quantitative estimate of drug-likeness (QED) is 0.576. The molecular weight excluding hydrogens is 262 g/mol. The first-order valence-corrected chi connectivity index (χ1v) is 6.99. The van der Waals surface area contributed by atoms with E-state index in [-0.39, 0.29) is 17.4 Å². The van der Waals surface area contributed by atoms with Crippen molar-refractivity contribution in [1.29, 1.82) is 0 Å². The third kappa shape index (κ3) is 3.23. The molecule has 0 aliphatic carbocycles. The van der Waals surface area contributed by atoms with Gasteiger partial charge in [-0.15, -0.1) is 0 Å². The maximum Gasteiger partial charge on any atom is 0.325 e. The third-order valence-electron chi connectivity index (χ3n) is 3.90. The van der Waals surface area contributed by atoms with Crippen LogP contribution in [0.2, 0.25) is 0 Å². The number of hydrogen-bond acceptors (Lipinski definition) is 3. The molecule has 0 bridgehead atoms. The number of hydrogen-bond donors (Lipinski definition) is 2. The molecule has 0 aromatic heterocycles. The number of amides is 3. The number of urea groups is 1. The summed E-state index contributed by atoms with van der Waals surface area (Å²) in [6.07, 6.45) is 2.04. The van der Waals surface area contributed by atoms with E-state index >= 15 is 0 Å². The van der Waals surface area contributed by atoms with E-state index in [9.17, 15) is 9.59 Å².